The van der Waals surface area contributed by atoms with Gasteiger partial charge in [0.15, 0.2) is 0 Å². The van der Waals surface area contributed by atoms with E-state index in [9.17, 15) is 31.4 Å². The zero-order valence-corrected chi connectivity index (χ0v) is 13.3. The average Bonchev–Trinajstić information content (AvgIpc) is 2.52. The third-order valence-electron chi connectivity index (χ3n) is 3.82. The molecule has 0 saturated heterocycles. The fourth-order valence-corrected chi connectivity index (χ4v) is 2.42. The molecule has 0 saturated carbocycles. The summed E-state index contributed by atoms with van der Waals surface area (Å²) in [5.74, 6) is 0. The molecule has 0 aliphatic heterocycles. The van der Waals surface area contributed by atoms with Crippen LogP contribution >= 0.6 is 0 Å². The van der Waals surface area contributed by atoms with E-state index in [1.807, 2.05) is 0 Å². The number of rotatable bonds is 3. The van der Waals surface area contributed by atoms with E-state index < -0.39 is 34.6 Å². The molecule has 25 heavy (non-hydrogen) atoms. The number of hydrogen-bond donors (Lipinski definition) is 1. The second-order valence-corrected chi connectivity index (χ2v) is 5.73. The highest BCUT2D eigenvalue weighted by molar-refractivity contribution is 5.49. The van der Waals surface area contributed by atoms with Crippen LogP contribution in [0.5, 0.6) is 0 Å². The molecule has 0 radical (unpaired) electrons. The zero-order chi connectivity index (χ0) is 19.0. The number of halogens is 6. The highest BCUT2D eigenvalue weighted by atomic mass is 19.4. The molecule has 2 aromatic rings. The monoisotopic (exact) mass is 363 g/mol. The molecular formula is C17H15F6NO. The van der Waals surface area contributed by atoms with Crippen LogP contribution in [-0.4, -0.2) is 25.4 Å². The van der Waals surface area contributed by atoms with Gasteiger partial charge < -0.3 is 10.0 Å². The van der Waals surface area contributed by atoms with Crippen LogP contribution in [0, 0.1) is 0 Å². The Balaban J connectivity index is 2.64. The number of hydrogen-bond acceptors (Lipinski definition) is 2. The minimum Gasteiger partial charge on any atom is -0.378 e. The zero-order valence-electron chi connectivity index (χ0n) is 13.3. The number of aliphatic hydroxyl groups is 1. The van der Waals surface area contributed by atoms with Crippen molar-refractivity contribution < 1.29 is 31.4 Å². The van der Waals surface area contributed by atoms with Gasteiger partial charge in [0.05, 0.1) is 5.56 Å². The van der Waals surface area contributed by atoms with Gasteiger partial charge in [-0.05, 0) is 35.4 Å². The lowest BCUT2D eigenvalue weighted by molar-refractivity contribution is -0.248. The molecule has 8 heteroatoms. The van der Waals surface area contributed by atoms with Gasteiger partial charge in [-0.15, -0.1) is 0 Å². The lowest BCUT2D eigenvalue weighted by Gasteiger charge is -2.32. The summed E-state index contributed by atoms with van der Waals surface area (Å²) in [6.45, 7) is 0. The third kappa shape index (κ3) is 3.58. The van der Waals surface area contributed by atoms with Crippen molar-refractivity contribution in [2.75, 3.05) is 19.0 Å². The van der Waals surface area contributed by atoms with E-state index in [2.05, 4.69) is 0 Å². The van der Waals surface area contributed by atoms with E-state index in [1.54, 1.807) is 19.0 Å². The summed E-state index contributed by atoms with van der Waals surface area (Å²) in [7, 11) is 3.36. The third-order valence-corrected chi connectivity index (χ3v) is 3.82. The van der Waals surface area contributed by atoms with Crippen molar-refractivity contribution in [3.05, 3.63) is 65.2 Å². The van der Waals surface area contributed by atoms with Gasteiger partial charge in [-0.1, -0.05) is 24.3 Å². The highest BCUT2D eigenvalue weighted by Gasteiger charge is 2.56. The Morgan fingerprint density at radius 3 is 1.72 bits per heavy atom. The number of benzene rings is 2. The molecule has 0 aliphatic carbocycles. The van der Waals surface area contributed by atoms with E-state index in [0.29, 0.717) is 17.8 Å². The van der Waals surface area contributed by atoms with Gasteiger partial charge in [0.2, 0.25) is 5.60 Å². The first-order valence-corrected chi connectivity index (χ1v) is 7.12. The van der Waals surface area contributed by atoms with Crippen LogP contribution in [-0.2, 0) is 11.8 Å². The van der Waals surface area contributed by atoms with Crippen LogP contribution in [0.4, 0.5) is 32.0 Å². The SMILES string of the molecule is CN(C)c1ccc(C(O)(c2cccc(C(F)(F)F)c2)C(F)(F)F)cc1. The standard InChI is InChI=1S/C17H15F6NO/c1-24(2)14-8-6-11(7-9-14)15(25,17(21,22)23)12-4-3-5-13(10-12)16(18,19)20/h3-10,25H,1-2H3. The Hall–Kier alpha value is -2.22. The molecule has 2 aromatic carbocycles. The quantitative estimate of drug-likeness (QED) is 0.808. The summed E-state index contributed by atoms with van der Waals surface area (Å²) in [6, 6.07) is 7.40. The Bertz CT molecular complexity index is 736. The Morgan fingerprint density at radius 2 is 1.28 bits per heavy atom. The van der Waals surface area contributed by atoms with Gasteiger partial charge >= 0.3 is 12.4 Å². The molecule has 1 unspecified atom stereocenters. The first-order valence-electron chi connectivity index (χ1n) is 7.12. The van der Waals surface area contributed by atoms with Crippen LogP contribution in [0.25, 0.3) is 0 Å². The molecule has 136 valence electrons. The van der Waals surface area contributed by atoms with E-state index in [1.165, 1.54) is 12.1 Å². The van der Waals surface area contributed by atoms with Crippen LogP contribution in [0.2, 0.25) is 0 Å². The van der Waals surface area contributed by atoms with Gasteiger partial charge in [0, 0.05) is 19.8 Å². The van der Waals surface area contributed by atoms with Crippen molar-refractivity contribution in [1.29, 1.82) is 0 Å². The van der Waals surface area contributed by atoms with Crippen molar-refractivity contribution in [2.24, 2.45) is 0 Å². The predicted molar refractivity (Wildman–Crippen MR) is 81.3 cm³/mol. The topological polar surface area (TPSA) is 23.5 Å². The van der Waals surface area contributed by atoms with Gasteiger partial charge in [0.1, 0.15) is 0 Å². The van der Waals surface area contributed by atoms with Gasteiger partial charge in [0.25, 0.3) is 0 Å². The lowest BCUT2D eigenvalue weighted by Crippen LogP contribution is -2.43. The maximum Gasteiger partial charge on any atom is 0.425 e. The molecule has 2 rings (SSSR count). The summed E-state index contributed by atoms with van der Waals surface area (Å²) < 4.78 is 79.3. The second kappa shape index (κ2) is 6.25. The Labute approximate surface area is 140 Å². The van der Waals surface area contributed by atoms with E-state index >= 15 is 0 Å². The van der Waals surface area contributed by atoms with E-state index in [0.717, 1.165) is 24.3 Å². The van der Waals surface area contributed by atoms with Crippen LogP contribution in [0.3, 0.4) is 0 Å². The van der Waals surface area contributed by atoms with Crippen molar-refractivity contribution >= 4 is 5.69 Å². The summed E-state index contributed by atoms with van der Waals surface area (Å²) in [5.41, 5.74) is -5.70. The van der Waals surface area contributed by atoms with Gasteiger partial charge in [-0.2, -0.15) is 26.3 Å². The molecule has 0 heterocycles. The van der Waals surface area contributed by atoms with Crippen LogP contribution < -0.4 is 4.90 Å². The highest BCUT2D eigenvalue weighted by Crippen LogP contribution is 2.45. The van der Waals surface area contributed by atoms with E-state index in [-0.39, 0.29) is 0 Å². The fourth-order valence-electron chi connectivity index (χ4n) is 2.42. The number of alkyl halides is 6. The maximum atomic E-state index is 13.6. The van der Waals surface area contributed by atoms with E-state index in [4.69, 9.17) is 0 Å². The van der Waals surface area contributed by atoms with Crippen molar-refractivity contribution in [3.8, 4) is 0 Å². The fraction of sp³-hybridized carbons (Fsp3) is 0.294. The lowest BCUT2D eigenvalue weighted by atomic mass is 9.84. The summed E-state index contributed by atoms with van der Waals surface area (Å²) in [5, 5.41) is 10.4. The second-order valence-electron chi connectivity index (χ2n) is 5.73. The molecule has 2 nitrogen and oxygen atoms in total. The summed E-state index contributed by atoms with van der Waals surface area (Å²) in [6.07, 6.45) is -10.0. The van der Waals surface area contributed by atoms with Crippen molar-refractivity contribution in [2.45, 2.75) is 18.0 Å². The molecule has 1 atom stereocenters. The Kier molecular flexibility index (Phi) is 4.78. The average molecular weight is 363 g/mol. The largest absolute Gasteiger partial charge is 0.425 e. The smallest absolute Gasteiger partial charge is 0.378 e. The molecule has 0 amide bonds. The molecule has 1 N–H and O–H groups in total. The molecule has 0 fully saturated rings. The molecule has 0 spiro atoms. The maximum absolute atomic E-state index is 13.6. The Morgan fingerprint density at radius 1 is 0.760 bits per heavy atom. The minimum atomic E-state index is -5.21. The number of nitrogens with zero attached hydrogens (tertiary/aromatic N) is 1. The predicted octanol–water partition coefficient (Wildman–Crippen LogP) is 4.57. The van der Waals surface area contributed by atoms with Gasteiger partial charge in [-0.25, -0.2) is 0 Å². The molecule has 0 aromatic heterocycles. The normalized spacial score (nSPS) is 14.9. The summed E-state index contributed by atoms with van der Waals surface area (Å²) in [4.78, 5) is 1.64. The van der Waals surface area contributed by atoms with Crippen LogP contribution in [0.15, 0.2) is 48.5 Å². The molecule has 0 bridgehead atoms. The minimum absolute atomic E-state index is 0.313. The van der Waals surface area contributed by atoms with Crippen LogP contribution in [0.1, 0.15) is 16.7 Å². The first kappa shape index (κ1) is 19.1. The van der Waals surface area contributed by atoms with Crippen molar-refractivity contribution in [1.82, 2.24) is 0 Å². The first-order chi connectivity index (χ1) is 11.4. The molecule has 0 aliphatic rings. The van der Waals surface area contributed by atoms with Crippen molar-refractivity contribution in [3.63, 3.8) is 0 Å². The summed E-state index contributed by atoms with van der Waals surface area (Å²) >= 11 is 0. The molecular weight excluding hydrogens is 348 g/mol. The number of anilines is 1. The van der Waals surface area contributed by atoms with Gasteiger partial charge in [-0.3, -0.25) is 0 Å².